The first-order chi connectivity index (χ1) is 31.8. The van der Waals surface area contributed by atoms with Crippen LogP contribution in [-0.4, -0.2) is 125 Å². The van der Waals surface area contributed by atoms with E-state index < -0.39 is 128 Å². The normalized spacial score (nSPS) is 16.2. The van der Waals surface area contributed by atoms with Gasteiger partial charge in [0.2, 0.25) is 18.9 Å². The van der Waals surface area contributed by atoms with Crippen molar-refractivity contribution in [2.75, 3.05) is 0 Å². The summed E-state index contributed by atoms with van der Waals surface area (Å²) in [4.78, 5) is 87.8. The SMILES string of the molecule is C=C(C)C(=O)OC(C)C(OC(C)Oc1nc(OC(C)OC(C(C)OC(=O)C(=C)C)C(C)OC(=O)C(=C)C)nc(OC(C)OC(C(C)OC(=O)C(=C)C)C(C)OC(=O)C(=C)C)n1)C(C)OC(=O)C(=C)C. The van der Waals surface area contributed by atoms with Crippen LogP contribution < -0.4 is 14.2 Å². The van der Waals surface area contributed by atoms with Gasteiger partial charge < -0.3 is 56.8 Å². The Morgan fingerprint density at radius 1 is 0.319 bits per heavy atom. The molecule has 0 fully saturated rings. The van der Waals surface area contributed by atoms with Gasteiger partial charge in [-0.2, -0.15) is 0 Å². The van der Waals surface area contributed by atoms with Gasteiger partial charge >= 0.3 is 53.8 Å². The summed E-state index contributed by atoms with van der Waals surface area (Å²) in [5.74, 6) is -4.42. The summed E-state index contributed by atoms with van der Waals surface area (Å²) in [5, 5.41) is 0. The molecule has 21 heteroatoms. The van der Waals surface area contributed by atoms with Gasteiger partial charge in [0.15, 0.2) is 0 Å². The Morgan fingerprint density at radius 3 is 0.594 bits per heavy atom. The van der Waals surface area contributed by atoms with E-state index in [9.17, 15) is 28.8 Å². The number of hydrogen-bond donors (Lipinski definition) is 0. The van der Waals surface area contributed by atoms with Gasteiger partial charge in [-0.1, -0.05) is 39.5 Å². The third kappa shape index (κ3) is 21.2. The third-order valence-electron chi connectivity index (χ3n) is 9.06. The standard InChI is InChI=1S/C48H69N3O18/c1-22(2)40(52)58-28(13)37(29(14)59-41(53)23(3)4)64-34(19)67-46-49-47(68-35(20)65-38(30(15)60-42(54)24(5)6)31(16)61-43(55)25(7)8)51-48(50-46)69-36(21)66-39(32(17)62-44(56)26(9)10)33(18)63-45(57)27(11)12/h28-39H,1,3,5,7,9,11H2,2,4,6,8,10,12-21H3. The maximum atomic E-state index is 12.5. The zero-order chi connectivity index (χ0) is 53.2. The summed E-state index contributed by atoms with van der Waals surface area (Å²) in [6, 6.07) is -1.44. The Hall–Kier alpha value is -6.45. The molecule has 0 bridgehead atoms. The topological polar surface area (TPSA) is 252 Å². The molecule has 1 rings (SSSR count). The van der Waals surface area contributed by atoms with Crippen molar-refractivity contribution in [3.05, 3.63) is 72.9 Å². The van der Waals surface area contributed by atoms with E-state index in [2.05, 4.69) is 54.4 Å². The van der Waals surface area contributed by atoms with E-state index in [0.29, 0.717) is 0 Å². The highest BCUT2D eigenvalue weighted by atomic mass is 16.7. The highest BCUT2D eigenvalue weighted by Gasteiger charge is 2.36. The minimum Gasteiger partial charge on any atom is -0.456 e. The van der Waals surface area contributed by atoms with Crippen LogP contribution in [0.3, 0.4) is 0 Å². The van der Waals surface area contributed by atoms with Gasteiger partial charge in [0.25, 0.3) is 0 Å². The van der Waals surface area contributed by atoms with Crippen LogP contribution in [0.15, 0.2) is 72.9 Å². The predicted octanol–water partition coefficient (Wildman–Crippen LogP) is 6.25. The molecule has 0 spiro atoms. The summed E-state index contributed by atoms with van der Waals surface area (Å²) in [7, 11) is 0. The Morgan fingerprint density at radius 2 is 0.464 bits per heavy atom. The van der Waals surface area contributed by atoms with Gasteiger partial charge in [0.05, 0.1) is 0 Å². The van der Waals surface area contributed by atoms with Crippen LogP contribution in [0, 0.1) is 0 Å². The van der Waals surface area contributed by atoms with Crippen molar-refractivity contribution >= 4 is 35.8 Å². The average Bonchev–Trinajstić information content (AvgIpc) is 3.22. The molecule has 9 atom stereocenters. The highest BCUT2D eigenvalue weighted by molar-refractivity contribution is 5.89. The van der Waals surface area contributed by atoms with Crippen LogP contribution in [0.1, 0.15) is 104 Å². The summed E-state index contributed by atoms with van der Waals surface area (Å²) in [5.41, 5.74) is 0.612. The van der Waals surface area contributed by atoms with Crippen LogP contribution >= 0.6 is 0 Å². The lowest BCUT2D eigenvalue weighted by atomic mass is 10.1. The summed E-state index contributed by atoms with van der Waals surface area (Å²) in [6.45, 7) is 43.7. The van der Waals surface area contributed by atoms with Crippen LogP contribution in [0.25, 0.3) is 0 Å². The molecular formula is C48H69N3O18. The smallest absolute Gasteiger partial charge is 0.333 e. The zero-order valence-electron chi connectivity index (χ0n) is 42.4. The van der Waals surface area contributed by atoms with E-state index in [1.165, 1.54) is 104 Å². The van der Waals surface area contributed by atoms with Crippen molar-refractivity contribution in [3.8, 4) is 18.0 Å². The first-order valence-corrected chi connectivity index (χ1v) is 21.8. The van der Waals surface area contributed by atoms with Crippen molar-refractivity contribution in [1.29, 1.82) is 0 Å². The molecule has 0 aliphatic rings. The molecule has 9 unspecified atom stereocenters. The fourth-order valence-electron chi connectivity index (χ4n) is 5.50. The van der Waals surface area contributed by atoms with Crippen molar-refractivity contribution < 1.29 is 85.6 Å². The minimum atomic E-state index is -1.30. The number of ether oxygens (including phenoxy) is 12. The summed E-state index contributed by atoms with van der Waals surface area (Å²) in [6.07, 6.45) is -13.6. The molecule has 1 aromatic rings. The van der Waals surface area contributed by atoms with Gasteiger partial charge in [-0.25, -0.2) is 28.8 Å². The predicted molar refractivity (Wildman–Crippen MR) is 247 cm³/mol. The van der Waals surface area contributed by atoms with E-state index in [1.807, 2.05) is 0 Å². The number of aromatic nitrogens is 3. The number of hydrogen-bond acceptors (Lipinski definition) is 21. The molecule has 384 valence electrons. The molecule has 0 aliphatic heterocycles. The fourth-order valence-corrected chi connectivity index (χ4v) is 5.50. The molecule has 1 heterocycles. The van der Waals surface area contributed by atoms with Crippen molar-refractivity contribution in [1.82, 2.24) is 15.0 Å². The maximum Gasteiger partial charge on any atom is 0.333 e. The second-order valence-electron chi connectivity index (χ2n) is 16.4. The van der Waals surface area contributed by atoms with E-state index in [4.69, 9.17) is 56.8 Å². The summed E-state index contributed by atoms with van der Waals surface area (Å²) < 4.78 is 69.3. The van der Waals surface area contributed by atoms with E-state index in [1.54, 1.807) is 0 Å². The monoisotopic (exact) mass is 975 g/mol. The van der Waals surface area contributed by atoms with E-state index in [0.717, 1.165) is 0 Å². The third-order valence-corrected chi connectivity index (χ3v) is 9.06. The fraction of sp³-hybridized carbons (Fsp3) is 0.562. The van der Waals surface area contributed by atoms with Crippen molar-refractivity contribution in [3.63, 3.8) is 0 Å². The molecule has 0 aromatic carbocycles. The number of carbonyl (C=O) groups is 6. The first-order valence-electron chi connectivity index (χ1n) is 21.8. The molecule has 69 heavy (non-hydrogen) atoms. The number of nitrogens with zero attached hydrogens (tertiary/aromatic N) is 3. The Labute approximate surface area is 404 Å². The molecule has 1 aromatic heterocycles. The van der Waals surface area contributed by atoms with Crippen molar-refractivity contribution in [2.45, 2.75) is 178 Å². The Kier molecular flexibility index (Phi) is 24.7. The molecule has 0 N–H and O–H groups in total. The molecule has 0 amide bonds. The van der Waals surface area contributed by atoms with Crippen LogP contribution in [0.2, 0.25) is 0 Å². The second kappa shape index (κ2) is 28.1. The quantitative estimate of drug-likeness (QED) is 0.0357. The number of rotatable bonds is 30. The number of esters is 6. The highest BCUT2D eigenvalue weighted by Crippen LogP contribution is 2.25. The lowest BCUT2D eigenvalue weighted by Gasteiger charge is -2.32. The van der Waals surface area contributed by atoms with Gasteiger partial charge in [-0.05, 0) is 104 Å². The molecular weight excluding hydrogens is 907 g/mol. The lowest BCUT2D eigenvalue weighted by Crippen LogP contribution is -2.44. The van der Waals surface area contributed by atoms with Gasteiger partial charge in [0, 0.05) is 33.4 Å². The summed E-state index contributed by atoms with van der Waals surface area (Å²) >= 11 is 0. The molecule has 0 aliphatic carbocycles. The maximum absolute atomic E-state index is 12.5. The minimum absolute atomic E-state index is 0.102. The molecule has 21 nitrogen and oxygen atoms in total. The number of carbonyl (C=O) groups excluding carboxylic acids is 6. The van der Waals surface area contributed by atoms with E-state index >= 15 is 0 Å². The van der Waals surface area contributed by atoms with Crippen LogP contribution in [0.4, 0.5) is 0 Å². The largest absolute Gasteiger partial charge is 0.456 e. The van der Waals surface area contributed by atoms with Crippen molar-refractivity contribution in [2.24, 2.45) is 0 Å². The Balaban J connectivity index is 3.81. The Bertz CT molecular complexity index is 1740. The molecule has 0 radical (unpaired) electrons. The van der Waals surface area contributed by atoms with Crippen LogP contribution in [-0.2, 0) is 71.4 Å². The van der Waals surface area contributed by atoms with Gasteiger partial charge in [-0.15, -0.1) is 15.0 Å². The molecule has 0 saturated heterocycles. The molecule has 0 saturated carbocycles. The van der Waals surface area contributed by atoms with Gasteiger partial charge in [0.1, 0.15) is 54.9 Å². The van der Waals surface area contributed by atoms with Gasteiger partial charge in [-0.3, -0.25) is 0 Å². The zero-order valence-corrected chi connectivity index (χ0v) is 42.4. The van der Waals surface area contributed by atoms with E-state index in [-0.39, 0.29) is 33.4 Å². The van der Waals surface area contributed by atoms with Crippen LogP contribution in [0.5, 0.6) is 18.0 Å². The first kappa shape index (κ1) is 60.6. The average molecular weight is 976 g/mol. The second-order valence-corrected chi connectivity index (χ2v) is 16.4. The lowest BCUT2D eigenvalue weighted by molar-refractivity contribution is -0.199.